The molecule has 1 aromatic heterocycles. The number of hydrogen-bond acceptors (Lipinski definition) is 2. The van der Waals surface area contributed by atoms with Crippen molar-refractivity contribution in [2.45, 2.75) is 66.1 Å². The fourth-order valence-electron chi connectivity index (χ4n) is 1.97. The van der Waals surface area contributed by atoms with Crippen LogP contribution in [0.4, 0.5) is 0 Å². The highest BCUT2D eigenvalue weighted by atomic mass is 15.3. The van der Waals surface area contributed by atoms with Crippen molar-refractivity contribution in [3.8, 4) is 0 Å². The van der Waals surface area contributed by atoms with Crippen molar-refractivity contribution in [3.05, 3.63) is 18.0 Å². The first-order valence-corrected chi connectivity index (χ1v) is 6.70. The maximum Gasteiger partial charge on any atom is 0.0627 e. The predicted octanol–water partition coefficient (Wildman–Crippen LogP) is 3.03. The fraction of sp³-hybridized carbons (Fsp3) is 0.786. The second-order valence-corrected chi connectivity index (χ2v) is 5.67. The minimum absolute atomic E-state index is 0.449. The third-order valence-corrected chi connectivity index (χ3v) is 3.17. The highest BCUT2D eigenvalue weighted by Gasteiger charge is 2.15. The van der Waals surface area contributed by atoms with Gasteiger partial charge in [-0.05, 0) is 39.2 Å². The summed E-state index contributed by atoms with van der Waals surface area (Å²) in [5, 5.41) is 8.16. The lowest BCUT2D eigenvalue weighted by Crippen LogP contribution is -2.37. The Hall–Kier alpha value is -0.830. The van der Waals surface area contributed by atoms with Crippen LogP contribution in [0, 0.1) is 5.92 Å². The summed E-state index contributed by atoms with van der Waals surface area (Å²) < 4.78 is 2.03. The fourth-order valence-corrected chi connectivity index (χ4v) is 1.97. The van der Waals surface area contributed by atoms with Gasteiger partial charge in [0.2, 0.25) is 0 Å². The minimum atomic E-state index is 0.449. The van der Waals surface area contributed by atoms with Crippen LogP contribution in [0.25, 0.3) is 0 Å². The van der Waals surface area contributed by atoms with Gasteiger partial charge in [-0.2, -0.15) is 5.10 Å². The van der Waals surface area contributed by atoms with E-state index < -0.39 is 0 Å². The molecule has 2 unspecified atom stereocenters. The Balaban J connectivity index is 2.52. The molecule has 1 rings (SSSR count). The highest BCUT2D eigenvalue weighted by molar-refractivity contribution is 5.01. The summed E-state index contributed by atoms with van der Waals surface area (Å²) in [6.07, 6.45) is 3.12. The highest BCUT2D eigenvalue weighted by Crippen LogP contribution is 2.12. The monoisotopic (exact) mass is 237 g/mol. The van der Waals surface area contributed by atoms with Crippen molar-refractivity contribution in [2.24, 2.45) is 5.92 Å². The van der Waals surface area contributed by atoms with Crippen molar-refractivity contribution in [1.29, 1.82) is 0 Å². The third kappa shape index (κ3) is 4.50. The Morgan fingerprint density at radius 3 is 2.29 bits per heavy atom. The molecule has 17 heavy (non-hydrogen) atoms. The van der Waals surface area contributed by atoms with Gasteiger partial charge in [0.15, 0.2) is 0 Å². The molecule has 0 saturated carbocycles. The van der Waals surface area contributed by atoms with Gasteiger partial charge in [0, 0.05) is 24.3 Å². The Morgan fingerprint density at radius 2 is 1.82 bits per heavy atom. The summed E-state index contributed by atoms with van der Waals surface area (Å²) in [5.74, 6) is 0.605. The molecule has 0 aliphatic heterocycles. The zero-order valence-corrected chi connectivity index (χ0v) is 12.1. The molecule has 1 aromatic rings. The smallest absolute Gasteiger partial charge is 0.0627 e. The van der Waals surface area contributed by atoms with Crippen molar-refractivity contribution in [1.82, 2.24) is 15.1 Å². The normalized spacial score (nSPS) is 15.5. The number of aromatic nitrogens is 2. The molecule has 0 bridgehead atoms. The molecule has 1 heterocycles. The molecule has 0 aliphatic carbocycles. The van der Waals surface area contributed by atoms with E-state index in [0.29, 0.717) is 24.0 Å². The average Bonchev–Trinajstić information content (AvgIpc) is 2.65. The van der Waals surface area contributed by atoms with E-state index in [1.54, 1.807) is 0 Å². The van der Waals surface area contributed by atoms with E-state index in [1.165, 1.54) is 5.69 Å². The molecule has 0 amide bonds. The maximum absolute atomic E-state index is 4.60. The van der Waals surface area contributed by atoms with Crippen LogP contribution in [-0.2, 0) is 6.42 Å². The van der Waals surface area contributed by atoms with Gasteiger partial charge in [0.1, 0.15) is 0 Å². The van der Waals surface area contributed by atoms with Gasteiger partial charge < -0.3 is 5.32 Å². The lowest BCUT2D eigenvalue weighted by atomic mass is 9.97. The number of nitrogens with zero attached hydrogens (tertiary/aromatic N) is 2. The van der Waals surface area contributed by atoms with Crippen LogP contribution < -0.4 is 5.32 Å². The van der Waals surface area contributed by atoms with E-state index in [0.717, 1.165) is 6.42 Å². The molecule has 0 aliphatic rings. The lowest BCUT2D eigenvalue weighted by Gasteiger charge is -2.23. The van der Waals surface area contributed by atoms with Crippen molar-refractivity contribution in [2.75, 3.05) is 0 Å². The molecule has 0 radical (unpaired) electrons. The van der Waals surface area contributed by atoms with Crippen LogP contribution >= 0.6 is 0 Å². The molecule has 0 spiro atoms. The summed E-state index contributed by atoms with van der Waals surface area (Å²) in [6, 6.07) is 3.66. The van der Waals surface area contributed by atoms with E-state index in [4.69, 9.17) is 0 Å². The summed E-state index contributed by atoms with van der Waals surface area (Å²) in [4.78, 5) is 0. The zero-order chi connectivity index (χ0) is 13.0. The number of nitrogens with one attached hydrogen (secondary N) is 1. The van der Waals surface area contributed by atoms with Gasteiger partial charge in [-0.1, -0.05) is 20.8 Å². The van der Waals surface area contributed by atoms with E-state index in [-0.39, 0.29) is 0 Å². The molecule has 0 fully saturated rings. The molecule has 1 N–H and O–H groups in total. The Morgan fingerprint density at radius 1 is 1.18 bits per heavy atom. The van der Waals surface area contributed by atoms with Gasteiger partial charge in [-0.3, -0.25) is 4.68 Å². The van der Waals surface area contributed by atoms with Crippen LogP contribution in [0.3, 0.4) is 0 Å². The van der Waals surface area contributed by atoms with E-state index in [1.807, 2.05) is 4.68 Å². The molecule has 0 saturated heterocycles. The lowest BCUT2D eigenvalue weighted by molar-refractivity contribution is 0.368. The molecule has 3 nitrogen and oxygen atoms in total. The second kappa shape index (κ2) is 6.20. The molecule has 2 atom stereocenters. The largest absolute Gasteiger partial charge is 0.312 e. The van der Waals surface area contributed by atoms with Crippen molar-refractivity contribution < 1.29 is 0 Å². The Labute approximate surface area is 106 Å². The molecule has 98 valence electrons. The summed E-state index contributed by atoms with van der Waals surface area (Å²) in [5.41, 5.74) is 1.20. The molecular formula is C14H27N3. The maximum atomic E-state index is 4.60. The van der Waals surface area contributed by atoms with Crippen LogP contribution in [0.1, 0.15) is 53.3 Å². The van der Waals surface area contributed by atoms with Gasteiger partial charge >= 0.3 is 0 Å². The van der Waals surface area contributed by atoms with Gasteiger partial charge in [-0.25, -0.2) is 0 Å². The molecular weight excluding hydrogens is 210 g/mol. The first kappa shape index (κ1) is 14.2. The first-order chi connectivity index (χ1) is 7.90. The average molecular weight is 237 g/mol. The first-order valence-electron chi connectivity index (χ1n) is 6.70. The van der Waals surface area contributed by atoms with Crippen molar-refractivity contribution >= 4 is 0 Å². The summed E-state index contributed by atoms with van der Waals surface area (Å²) >= 11 is 0. The van der Waals surface area contributed by atoms with Gasteiger partial charge in [0.25, 0.3) is 0 Å². The number of hydrogen-bond donors (Lipinski definition) is 1. The van der Waals surface area contributed by atoms with Gasteiger partial charge in [-0.15, -0.1) is 0 Å². The standard InChI is InChI=1S/C14H27N3/c1-10(2)15-13(6)12(5)9-14-7-8-17(16-14)11(3)4/h7-8,10-13,15H,9H2,1-6H3. The van der Waals surface area contributed by atoms with Crippen LogP contribution in [0.15, 0.2) is 12.3 Å². The zero-order valence-electron chi connectivity index (χ0n) is 12.1. The predicted molar refractivity (Wildman–Crippen MR) is 73.2 cm³/mol. The summed E-state index contributed by atoms with van der Waals surface area (Å²) in [6.45, 7) is 13.2. The van der Waals surface area contributed by atoms with Crippen molar-refractivity contribution in [3.63, 3.8) is 0 Å². The van der Waals surface area contributed by atoms with Gasteiger partial charge in [0.05, 0.1) is 5.69 Å². The Bertz CT molecular complexity index is 328. The second-order valence-electron chi connectivity index (χ2n) is 5.67. The molecule has 0 aromatic carbocycles. The van der Waals surface area contributed by atoms with E-state index in [9.17, 15) is 0 Å². The Kier molecular flexibility index (Phi) is 5.19. The van der Waals surface area contributed by atoms with E-state index >= 15 is 0 Å². The SMILES string of the molecule is CC(C)NC(C)C(C)Cc1ccn(C(C)C)n1. The topological polar surface area (TPSA) is 29.9 Å². The molecule has 3 heteroatoms. The summed E-state index contributed by atoms with van der Waals surface area (Å²) in [7, 11) is 0. The van der Waals surface area contributed by atoms with Crippen LogP contribution in [-0.4, -0.2) is 21.9 Å². The van der Waals surface area contributed by atoms with Crippen LogP contribution in [0.2, 0.25) is 0 Å². The number of rotatable bonds is 6. The minimum Gasteiger partial charge on any atom is -0.312 e. The van der Waals surface area contributed by atoms with E-state index in [2.05, 4.69) is 64.2 Å². The van der Waals surface area contributed by atoms with Crippen LogP contribution in [0.5, 0.6) is 0 Å². The third-order valence-electron chi connectivity index (χ3n) is 3.17. The quantitative estimate of drug-likeness (QED) is 0.824.